The summed E-state index contributed by atoms with van der Waals surface area (Å²) in [6.45, 7) is 0. The average Bonchev–Trinajstić information content (AvgIpc) is 3.05. The van der Waals surface area contributed by atoms with E-state index >= 15 is 0 Å². The van der Waals surface area contributed by atoms with Gasteiger partial charge in [-0.3, -0.25) is 4.31 Å². The molecule has 3 aromatic carbocycles. The fourth-order valence-corrected chi connectivity index (χ4v) is 6.78. The number of carbonyl (C=O) groups is 1. The first kappa shape index (κ1) is 31.0. The molecule has 228 valence electrons. The molecule has 1 aliphatic heterocycles. The predicted octanol–water partition coefficient (Wildman–Crippen LogP) is 6.99. The average molecular weight is 611 g/mol. The second-order valence-corrected chi connectivity index (χ2v) is 13.2. The molecule has 1 aromatic heterocycles. The summed E-state index contributed by atoms with van der Waals surface area (Å²) < 4.78 is 33.5. The van der Waals surface area contributed by atoms with E-state index in [-0.39, 0.29) is 10.8 Å². The van der Waals surface area contributed by atoms with Crippen LogP contribution in [0.25, 0.3) is 0 Å². The molecule has 4 aromatic rings. The van der Waals surface area contributed by atoms with Gasteiger partial charge < -0.3 is 9.84 Å². The van der Waals surface area contributed by atoms with E-state index in [1.807, 2.05) is 54.6 Å². The number of sulfonamides is 1. The van der Waals surface area contributed by atoms with Crippen molar-refractivity contribution in [2.75, 3.05) is 11.4 Å². The quantitative estimate of drug-likeness (QED) is 0.164. The minimum absolute atomic E-state index is 0.0188. The van der Waals surface area contributed by atoms with Gasteiger partial charge in [-0.25, -0.2) is 9.78 Å². The number of nitrogens with zero attached hydrogens (tertiary/aromatic N) is 2. The number of pyridine rings is 1. The number of esters is 1. The van der Waals surface area contributed by atoms with Crippen LogP contribution in [0.1, 0.15) is 48.8 Å². The van der Waals surface area contributed by atoms with Gasteiger partial charge in [-0.1, -0.05) is 78.9 Å². The number of aliphatic hydroxyl groups excluding tert-OH is 1. The summed E-state index contributed by atoms with van der Waals surface area (Å²) in [5, 5.41) is 11.2. The van der Waals surface area contributed by atoms with E-state index in [4.69, 9.17) is 4.74 Å². The number of aromatic nitrogens is 1. The van der Waals surface area contributed by atoms with Gasteiger partial charge in [0.1, 0.15) is 11.4 Å². The molecule has 1 aliphatic rings. The Hall–Kier alpha value is -4.43. The summed E-state index contributed by atoms with van der Waals surface area (Å²) in [5.74, 6) is -0.345. The lowest BCUT2D eigenvalue weighted by Crippen LogP contribution is -2.41. The van der Waals surface area contributed by atoms with Crippen LogP contribution in [0.2, 0.25) is 0 Å². The molecule has 5 rings (SSSR count). The molecule has 0 radical (unpaired) electrons. The number of hydrogen-bond donors (Lipinski definition) is 1. The SMILES string of the molecule is CN(c1cccc(CCCC2=C(O)CC(CCc3ccccc3)(CCc3ccccc3)OC2=O)c1)S(=O)(=O)c1ccccn1. The lowest BCUT2D eigenvalue weighted by molar-refractivity contribution is -0.160. The second kappa shape index (κ2) is 13.9. The molecule has 0 saturated carbocycles. The van der Waals surface area contributed by atoms with Crippen molar-refractivity contribution in [3.8, 4) is 0 Å². The molecule has 1 N–H and O–H groups in total. The molecule has 0 amide bonds. The summed E-state index contributed by atoms with van der Waals surface area (Å²) in [5.41, 5.74) is 3.32. The van der Waals surface area contributed by atoms with Gasteiger partial charge in [-0.2, -0.15) is 8.42 Å². The molecule has 0 aliphatic carbocycles. The Bertz CT molecular complexity index is 1650. The van der Waals surface area contributed by atoms with Crippen molar-refractivity contribution < 1.29 is 23.1 Å². The number of aryl methyl sites for hydroxylation is 3. The van der Waals surface area contributed by atoms with Gasteiger partial charge >= 0.3 is 5.97 Å². The molecular weight excluding hydrogens is 572 g/mol. The Kier molecular flexibility index (Phi) is 9.80. The number of hydrogen-bond acceptors (Lipinski definition) is 6. The van der Waals surface area contributed by atoms with Crippen LogP contribution in [0.15, 0.2) is 126 Å². The second-order valence-electron chi connectivity index (χ2n) is 11.3. The minimum atomic E-state index is -3.80. The Balaban J connectivity index is 1.25. The molecular formula is C36H38N2O5S. The molecule has 0 bridgehead atoms. The van der Waals surface area contributed by atoms with Crippen molar-refractivity contribution in [1.29, 1.82) is 0 Å². The van der Waals surface area contributed by atoms with Crippen molar-refractivity contribution in [3.63, 3.8) is 0 Å². The number of anilines is 1. The molecule has 8 heteroatoms. The van der Waals surface area contributed by atoms with Crippen LogP contribution < -0.4 is 4.31 Å². The van der Waals surface area contributed by atoms with Gasteiger partial charge in [0.05, 0.1) is 11.3 Å². The van der Waals surface area contributed by atoms with Gasteiger partial charge in [0.15, 0.2) is 5.03 Å². The summed E-state index contributed by atoms with van der Waals surface area (Å²) >= 11 is 0. The van der Waals surface area contributed by atoms with Crippen LogP contribution in [0, 0.1) is 0 Å². The van der Waals surface area contributed by atoms with E-state index in [0.717, 1.165) is 29.5 Å². The van der Waals surface area contributed by atoms with Gasteiger partial charge in [0, 0.05) is 19.7 Å². The van der Waals surface area contributed by atoms with Crippen LogP contribution >= 0.6 is 0 Å². The van der Waals surface area contributed by atoms with E-state index in [0.29, 0.717) is 49.8 Å². The summed E-state index contributed by atoms with van der Waals surface area (Å²) in [7, 11) is -2.29. The summed E-state index contributed by atoms with van der Waals surface area (Å²) in [4.78, 5) is 17.4. The minimum Gasteiger partial charge on any atom is -0.512 e. The summed E-state index contributed by atoms with van der Waals surface area (Å²) in [6, 6.07) is 32.3. The van der Waals surface area contributed by atoms with Crippen molar-refractivity contribution in [2.24, 2.45) is 0 Å². The largest absolute Gasteiger partial charge is 0.512 e. The van der Waals surface area contributed by atoms with Gasteiger partial charge in [-0.05, 0) is 85.9 Å². The fourth-order valence-electron chi connectivity index (χ4n) is 5.66. The van der Waals surface area contributed by atoms with Crippen molar-refractivity contribution in [1.82, 2.24) is 4.98 Å². The topological polar surface area (TPSA) is 96.8 Å². The Morgan fingerprint density at radius 1 is 0.795 bits per heavy atom. The Morgan fingerprint density at radius 2 is 1.41 bits per heavy atom. The molecule has 2 heterocycles. The molecule has 0 saturated heterocycles. The zero-order valence-corrected chi connectivity index (χ0v) is 25.7. The van der Waals surface area contributed by atoms with Gasteiger partial charge in [-0.15, -0.1) is 0 Å². The lowest BCUT2D eigenvalue weighted by Gasteiger charge is -2.37. The highest BCUT2D eigenvalue weighted by atomic mass is 32.2. The van der Waals surface area contributed by atoms with Crippen LogP contribution in [0.4, 0.5) is 5.69 Å². The number of carbonyl (C=O) groups excluding carboxylic acids is 1. The lowest BCUT2D eigenvalue weighted by atomic mass is 9.82. The third-order valence-electron chi connectivity index (χ3n) is 8.25. The maximum absolute atomic E-state index is 13.4. The van der Waals surface area contributed by atoms with E-state index < -0.39 is 21.6 Å². The van der Waals surface area contributed by atoms with Gasteiger partial charge in [0.25, 0.3) is 10.0 Å². The van der Waals surface area contributed by atoms with Crippen molar-refractivity contribution >= 4 is 21.7 Å². The van der Waals surface area contributed by atoms with Gasteiger partial charge in [0.2, 0.25) is 0 Å². The third kappa shape index (κ3) is 7.55. The van der Waals surface area contributed by atoms with E-state index in [1.54, 1.807) is 18.2 Å². The Labute approximate surface area is 259 Å². The smallest absolute Gasteiger partial charge is 0.337 e. The number of ether oxygens (including phenoxy) is 1. The first-order valence-electron chi connectivity index (χ1n) is 15.0. The molecule has 0 unspecified atom stereocenters. The van der Waals surface area contributed by atoms with Crippen LogP contribution in [-0.2, 0) is 38.8 Å². The van der Waals surface area contributed by atoms with E-state index in [2.05, 4.69) is 29.2 Å². The van der Waals surface area contributed by atoms with Crippen LogP contribution in [-0.4, -0.2) is 37.1 Å². The zero-order valence-electron chi connectivity index (χ0n) is 24.9. The van der Waals surface area contributed by atoms with E-state index in [9.17, 15) is 18.3 Å². The van der Waals surface area contributed by atoms with Crippen LogP contribution in [0.5, 0.6) is 0 Å². The Morgan fingerprint density at radius 3 is 2.00 bits per heavy atom. The molecule has 0 spiro atoms. The number of benzene rings is 3. The molecule has 0 atom stereocenters. The van der Waals surface area contributed by atoms with E-state index in [1.165, 1.54) is 23.6 Å². The number of cyclic esters (lactones) is 1. The normalized spacial score (nSPS) is 14.7. The van der Waals surface area contributed by atoms with Crippen molar-refractivity contribution in [3.05, 3.63) is 137 Å². The first-order chi connectivity index (χ1) is 21.3. The molecule has 44 heavy (non-hydrogen) atoms. The molecule has 7 nitrogen and oxygen atoms in total. The highest BCUT2D eigenvalue weighted by Gasteiger charge is 2.41. The monoisotopic (exact) mass is 610 g/mol. The zero-order chi connectivity index (χ0) is 31.0. The number of rotatable bonds is 13. The standard InChI is InChI=1S/C36H38N2O5S/c1-38(44(41,42)34-20-8-9-25-37-34)31-18-10-16-30(26-31)17-11-19-32-33(39)27-36(43-35(32)40,23-21-28-12-4-2-5-13-28)24-22-29-14-6-3-7-15-29/h2-10,12-16,18,20,25-26,39H,11,17,19,21-24,27H2,1H3. The highest BCUT2D eigenvalue weighted by Crippen LogP contribution is 2.38. The fraction of sp³-hybridized carbons (Fsp3) is 0.278. The third-order valence-corrected chi connectivity index (χ3v) is 9.95. The maximum Gasteiger partial charge on any atom is 0.337 e. The van der Waals surface area contributed by atoms with Crippen LogP contribution in [0.3, 0.4) is 0 Å². The highest BCUT2D eigenvalue weighted by molar-refractivity contribution is 7.92. The molecule has 0 fully saturated rings. The number of aliphatic hydroxyl groups is 1. The predicted molar refractivity (Wildman–Crippen MR) is 172 cm³/mol. The maximum atomic E-state index is 13.4. The summed E-state index contributed by atoms with van der Waals surface area (Å²) in [6.07, 6.45) is 6.03. The first-order valence-corrected chi connectivity index (χ1v) is 16.4. The van der Waals surface area contributed by atoms with Crippen molar-refractivity contribution in [2.45, 2.75) is 62.0 Å².